The van der Waals surface area contributed by atoms with E-state index in [0.29, 0.717) is 18.8 Å². The van der Waals surface area contributed by atoms with Gasteiger partial charge in [-0.05, 0) is 30.9 Å². The van der Waals surface area contributed by atoms with Crippen LogP contribution < -0.4 is 0 Å². The third kappa shape index (κ3) is 1.75. The standard InChI is InChI=1S/C13H15NO2S/c1-2-11-8-13(9-11,10-14)17(15,16)12-6-4-3-5-7-12/h3-7,11H,2,8-9H2,1H3. The van der Waals surface area contributed by atoms with E-state index in [1.165, 1.54) is 0 Å². The quantitative estimate of drug-likeness (QED) is 0.827. The number of hydrogen-bond donors (Lipinski definition) is 0. The minimum Gasteiger partial charge on any atom is -0.222 e. The van der Waals surface area contributed by atoms with E-state index in [1.54, 1.807) is 30.3 Å². The minimum absolute atomic E-state index is 0.260. The first-order chi connectivity index (χ1) is 8.05. The summed E-state index contributed by atoms with van der Waals surface area (Å²) in [5.41, 5.74) is 0. The molecule has 4 heteroatoms. The molecule has 2 rings (SSSR count). The van der Waals surface area contributed by atoms with Crippen molar-refractivity contribution in [2.24, 2.45) is 5.92 Å². The van der Waals surface area contributed by atoms with Crippen LogP contribution in [0.4, 0.5) is 0 Å². The zero-order valence-corrected chi connectivity index (χ0v) is 10.6. The summed E-state index contributed by atoms with van der Waals surface area (Å²) in [5, 5.41) is 9.22. The van der Waals surface area contributed by atoms with E-state index < -0.39 is 14.6 Å². The number of nitriles is 1. The summed E-state index contributed by atoms with van der Waals surface area (Å²) in [4.78, 5) is 0.260. The largest absolute Gasteiger partial charge is 0.222 e. The van der Waals surface area contributed by atoms with Crippen molar-refractivity contribution in [1.82, 2.24) is 0 Å². The average molecular weight is 249 g/mol. The van der Waals surface area contributed by atoms with Crippen molar-refractivity contribution in [3.8, 4) is 6.07 Å². The lowest BCUT2D eigenvalue weighted by molar-refractivity contribution is 0.256. The molecule has 90 valence electrons. The topological polar surface area (TPSA) is 57.9 Å². The number of hydrogen-bond acceptors (Lipinski definition) is 3. The van der Waals surface area contributed by atoms with Gasteiger partial charge in [0.2, 0.25) is 0 Å². The van der Waals surface area contributed by atoms with E-state index in [9.17, 15) is 13.7 Å². The van der Waals surface area contributed by atoms with Crippen molar-refractivity contribution in [1.29, 1.82) is 5.26 Å². The molecule has 0 saturated heterocycles. The van der Waals surface area contributed by atoms with Crippen molar-refractivity contribution in [3.63, 3.8) is 0 Å². The Morgan fingerprint density at radius 2 is 1.94 bits per heavy atom. The zero-order chi connectivity index (χ0) is 12.5. The Bertz CT molecular complexity index is 537. The molecular formula is C13H15NO2S. The van der Waals surface area contributed by atoms with Gasteiger partial charge in [-0.1, -0.05) is 31.5 Å². The molecule has 1 aliphatic rings. The van der Waals surface area contributed by atoms with Crippen molar-refractivity contribution in [2.75, 3.05) is 0 Å². The van der Waals surface area contributed by atoms with E-state index >= 15 is 0 Å². The molecule has 0 spiro atoms. The zero-order valence-electron chi connectivity index (χ0n) is 9.76. The van der Waals surface area contributed by atoms with Crippen LogP contribution in [-0.4, -0.2) is 13.2 Å². The van der Waals surface area contributed by atoms with Crippen LogP contribution in [0.5, 0.6) is 0 Å². The fourth-order valence-corrected chi connectivity index (χ4v) is 4.35. The number of benzene rings is 1. The van der Waals surface area contributed by atoms with Crippen molar-refractivity contribution in [3.05, 3.63) is 30.3 Å². The van der Waals surface area contributed by atoms with Crippen LogP contribution >= 0.6 is 0 Å². The average Bonchev–Trinajstić information content (AvgIpc) is 2.30. The van der Waals surface area contributed by atoms with E-state index in [-0.39, 0.29) is 4.90 Å². The molecule has 0 atom stereocenters. The lowest BCUT2D eigenvalue weighted by Gasteiger charge is -2.41. The lowest BCUT2D eigenvalue weighted by Crippen LogP contribution is -2.49. The normalized spacial score (nSPS) is 28.1. The summed E-state index contributed by atoms with van der Waals surface area (Å²) in [6, 6.07) is 10.3. The van der Waals surface area contributed by atoms with Crippen molar-refractivity contribution in [2.45, 2.75) is 35.8 Å². The van der Waals surface area contributed by atoms with Gasteiger partial charge in [0, 0.05) is 0 Å². The van der Waals surface area contributed by atoms with Crippen LogP contribution in [0.3, 0.4) is 0 Å². The second kappa shape index (κ2) is 4.15. The second-order valence-corrected chi connectivity index (χ2v) is 6.86. The first-order valence-electron chi connectivity index (χ1n) is 5.76. The number of sulfone groups is 1. The van der Waals surface area contributed by atoms with E-state index in [2.05, 4.69) is 0 Å². The molecular weight excluding hydrogens is 234 g/mol. The van der Waals surface area contributed by atoms with Gasteiger partial charge < -0.3 is 0 Å². The van der Waals surface area contributed by atoms with E-state index in [4.69, 9.17) is 0 Å². The van der Waals surface area contributed by atoms with Crippen LogP contribution in [0.2, 0.25) is 0 Å². The van der Waals surface area contributed by atoms with Crippen molar-refractivity contribution >= 4 is 9.84 Å². The summed E-state index contributed by atoms with van der Waals surface area (Å²) in [6.07, 6.45) is 1.88. The van der Waals surface area contributed by atoms with E-state index in [0.717, 1.165) is 6.42 Å². The fourth-order valence-electron chi connectivity index (χ4n) is 2.36. The van der Waals surface area contributed by atoms with Crippen LogP contribution in [0, 0.1) is 17.2 Å². The summed E-state index contributed by atoms with van der Waals surface area (Å²) in [5.74, 6) is 0.369. The van der Waals surface area contributed by atoms with Gasteiger partial charge in [0.1, 0.15) is 0 Å². The number of nitrogens with zero attached hydrogens (tertiary/aromatic N) is 1. The highest BCUT2D eigenvalue weighted by atomic mass is 32.2. The molecule has 1 aromatic carbocycles. The molecule has 0 heterocycles. The Morgan fingerprint density at radius 1 is 1.35 bits per heavy atom. The predicted molar refractivity (Wildman–Crippen MR) is 65.0 cm³/mol. The third-order valence-electron chi connectivity index (χ3n) is 3.59. The Balaban J connectivity index is 2.38. The predicted octanol–water partition coefficient (Wildman–Crippen LogP) is 2.54. The molecule has 0 unspecified atom stereocenters. The minimum atomic E-state index is -3.52. The molecule has 0 amide bonds. The third-order valence-corrected chi connectivity index (χ3v) is 5.93. The molecule has 0 aliphatic heterocycles. The van der Waals surface area contributed by atoms with Crippen LogP contribution in [-0.2, 0) is 9.84 Å². The van der Waals surface area contributed by atoms with Gasteiger partial charge in [-0.15, -0.1) is 0 Å². The Morgan fingerprint density at radius 3 is 2.41 bits per heavy atom. The Labute approximate surface area is 102 Å². The second-order valence-electron chi connectivity index (χ2n) is 4.61. The first-order valence-corrected chi connectivity index (χ1v) is 7.25. The lowest BCUT2D eigenvalue weighted by atomic mass is 9.73. The van der Waals surface area contributed by atoms with Crippen LogP contribution in [0.1, 0.15) is 26.2 Å². The van der Waals surface area contributed by atoms with E-state index in [1.807, 2.05) is 13.0 Å². The molecule has 0 aromatic heterocycles. The van der Waals surface area contributed by atoms with Gasteiger partial charge in [-0.25, -0.2) is 8.42 Å². The maximum Gasteiger partial charge on any atom is 0.197 e. The molecule has 1 fully saturated rings. The monoisotopic (exact) mass is 249 g/mol. The molecule has 1 aliphatic carbocycles. The molecule has 17 heavy (non-hydrogen) atoms. The molecule has 0 bridgehead atoms. The SMILES string of the molecule is CCC1CC(C#N)(S(=O)(=O)c2ccccc2)C1. The van der Waals surface area contributed by atoms with Gasteiger partial charge in [-0.2, -0.15) is 5.26 Å². The van der Waals surface area contributed by atoms with Gasteiger partial charge in [0.25, 0.3) is 0 Å². The summed E-state index contributed by atoms with van der Waals surface area (Å²) in [7, 11) is -3.52. The van der Waals surface area contributed by atoms with Gasteiger partial charge in [-0.3, -0.25) is 0 Å². The van der Waals surface area contributed by atoms with Gasteiger partial charge in [0.05, 0.1) is 11.0 Å². The van der Waals surface area contributed by atoms with Crippen LogP contribution in [0.15, 0.2) is 35.2 Å². The fraction of sp³-hybridized carbons (Fsp3) is 0.462. The Kier molecular flexibility index (Phi) is 2.96. The number of rotatable bonds is 3. The van der Waals surface area contributed by atoms with Crippen molar-refractivity contribution < 1.29 is 8.42 Å². The molecule has 1 saturated carbocycles. The Hall–Kier alpha value is -1.34. The molecule has 1 aromatic rings. The highest BCUT2D eigenvalue weighted by molar-refractivity contribution is 7.93. The maximum absolute atomic E-state index is 12.4. The van der Waals surface area contributed by atoms with Gasteiger partial charge in [0.15, 0.2) is 14.6 Å². The first kappa shape index (κ1) is 12.1. The summed E-state index contributed by atoms with van der Waals surface area (Å²) < 4.78 is 23.6. The summed E-state index contributed by atoms with van der Waals surface area (Å²) >= 11 is 0. The highest BCUT2D eigenvalue weighted by Gasteiger charge is 2.54. The summed E-state index contributed by atoms with van der Waals surface area (Å²) in [6.45, 7) is 2.03. The smallest absolute Gasteiger partial charge is 0.197 e. The highest BCUT2D eigenvalue weighted by Crippen LogP contribution is 2.47. The molecule has 3 nitrogen and oxygen atoms in total. The van der Waals surface area contributed by atoms with Crippen LogP contribution in [0.25, 0.3) is 0 Å². The molecule has 0 radical (unpaired) electrons. The maximum atomic E-state index is 12.4. The molecule has 0 N–H and O–H groups in total. The van der Waals surface area contributed by atoms with Gasteiger partial charge >= 0.3 is 0 Å².